The van der Waals surface area contributed by atoms with Gasteiger partial charge in [-0.3, -0.25) is 4.98 Å². The molecule has 0 amide bonds. The summed E-state index contributed by atoms with van der Waals surface area (Å²) < 4.78 is 5.08. The van der Waals surface area contributed by atoms with Gasteiger partial charge in [0.15, 0.2) is 0 Å². The fourth-order valence-corrected chi connectivity index (χ4v) is 1.43. The molecule has 2 aromatic rings. The molecule has 6 nitrogen and oxygen atoms in total. The van der Waals surface area contributed by atoms with Crippen molar-refractivity contribution in [1.29, 1.82) is 0 Å². The maximum absolute atomic E-state index is 9.98. The van der Waals surface area contributed by atoms with Crippen LogP contribution in [0.5, 0.6) is 5.75 Å². The Kier molecular flexibility index (Phi) is 3.02. The van der Waals surface area contributed by atoms with Gasteiger partial charge < -0.3 is 9.84 Å². The van der Waals surface area contributed by atoms with Crippen LogP contribution in [0, 0.1) is 0 Å². The Morgan fingerprint density at radius 2 is 2.31 bits per heavy atom. The highest BCUT2D eigenvalue weighted by Crippen LogP contribution is 2.28. The fourth-order valence-electron chi connectivity index (χ4n) is 1.28. The number of hydrogen-bond donors (Lipinski definition) is 2. The SMILES string of the molecule is COc1cc(Cl)cnc1C(O)c1cn[nH]n1. The highest BCUT2D eigenvalue weighted by Gasteiger charge is 2.19. The number of aromatic amines is 1. The number of aliphatic hydroxyl groups excluding tert-OH is 1. The van der Waals surface area contributed by atoms with E-state index in [0.29, 0.717) is 22.2 Å². The Morgan fingerprint density at radius 1 is 1.50 bits per heavy atom. The molecule has 1 atom stereocenters. The lowest BCUT2D eigenvalue weighted by Crippen LogP contribution is -2.05. The minimum atomic E-state index is -0.994. The van der Waals surface area contributed by atoms with Gasteiger partial charge in [-0.25, -0.2) is 0 Å². The number of rotatable bonds is 3. The van der Waals surface area contributed by atoms with Gasteiger partial charge in [-0.1, -0.05) is 11.6 Å². The Hall–Kier alpha value is -1.66. The van der Waals surface area contributed by atoms with E-state index >= 15 is 0 Å². The third-order valence-corrected chi connectivity index (χ3v) is 2.25. The van der Waals surface area contributed by atoms with Crippen molar-refractivity contribution in [2.45, 2.75) is 6.10 Å². The van der Waals surface area contributed by atoms with E-state index in [1.165, 1.54) is 19.5 Å². The summed E-state index contributed by atoms with van der Waals surface area (Å²) in [6, 6.07) is 1.58. The number of H-pyrrole nitrogens is 1. The number of nitrogens with one attached hydrogen (secondary N) is 1. The lowest BCUT2D eigenvalue weighted by molar-refractivity contribution is 0.204. The third kappa shape index (κ3) is 1.98. The van der Waals surface area contributed by atoms with Crippen molar-refractivity contribution in [1.82, 2.24) is 20.4 Å². The Morgan fingerprint density at radius 3 is 2.94 bits per heavy atom. The molecule has 1 unspecified atom stereocenters. The molecule has 2 rings (SSSR count). The molecule has 2 aromatic heterocycles. The first-order valence-corrected chi connectivity index (χ1v) is 4.83. The largest absolute Gasteiger partial charge is 0.495 e. The second-order valence-corrected chi connectivity index (χ2v) is 3.47. The van der Waals surface area contributed by atoms with E-state index in [9.17, 15) is 5.11 Å². The van der Waals surface area contributed by atoms with Crippen LogP contribution in [0.3, 0.4) is 0 Å². The predicted molar refractivity (Wildman–Crippen MR) is 56.2 cm³/mol. The Balaban J connectivity index is 2.40. The lowest BCUT2D eigenvalue weighted by atomic mass is 10.1. The summed E-state index contributed by atoms with van der Waals surface area (Å²) in [5.74, 6) is 0.406. The van der Waals surface area contributed by atoms with Gasteiger partial charge in [-0.2, -0.15) is 15.4 Å². The van der Waals surface area contributed by atoms with Gasteiger partial charge in [0, 0.05) is 12.3 Å². The molecule has 2 N–H and O–H groups in total. The average Bonchev–Trinajstić information content (AvgIpc) is 2.81. The first-order chi connectivity index (χ1) is 7.72. The zero-order valence-electron chi connectivity index (χ0n) is 8.38. The Bertz CT molecular complexity index is 474. The summed E-state index contributed by atoms with van der Waals surface area (Å²) in [5, 5.41) is 20.2. The fraction of sp³-hybridized carbons (Fsp3) is 0.222. The van der Waals surface area contributed by atoms with Crippen LogP contribution in [0.25, 0.3) is 0 Å². The van der Waals surface area contributed by atoms with E-state index in [1.807, 2.05) is 0 Å². The van der Waals surface area contributed by atoms with Crippen molar-refractivity contribution in [2.24, 2.45) is 0 Å². The van der Waals surface area contributed by atoms with E-state index in [2.05, 4.69) is 20.4 Å². The molecule has 7 heteroatoms. The number of pyridine rings is 1. The van der Waals surface area contributed by atoms with Crippen molar-refractivity contribution >= 4 is 11.6 Å². The second-order valence-electron chi connectivity index (χ2n) is 3.04. The van der Waals surface area contributed by atoms with Gasteiger partial charge in [-0.15, -0.1) is 0 Å². The van der Waals surface area contributed by atoms with Crippen LogP contribution in [0.1, 0.15) is 17.5 Å². The summed E-state index contributed by atoms with van der Waals surface area (Å²) in [6.45, 7) is 0. The first-order valence-electron chi connectivity index (χ1n) is 4.45. The normalized spacial score (nSPS) is 12.4. The molecule has 0 radical (unpaired) electrons. The maximum atomic E-state index is 9.98. The molecular formula is C9H9ClN4O2. The minimum Gasteiger partial charge on any atom is -0.495 e. The van der Waals surface area contributed by atoms with Crippen LogP contribution in [-0.2, 0) is 0 Å². The predicted octanol–water partition coefficient (Wildman–Crippen LogP) is 0.943. The molecule has 16 heavy (non-hydrogen) atoms. The molecule has 0 aliphatic rings. The van der Waals surface area contributed by atoms with Crippen LogP contribution in [0.15, 0.2) is 18.5 Å². The molecule has 0 aliphatic heterocycles. The minimum absolute atomic E-state index is 0.348. The third-order valence-electron chi connectivity index (χ3n) is 2.04. The maximum Gasteiger partial charge on any atom is 0.145 e. The first kappa shape index (κ1) is 10.8. The molecule has 0 bridgehead atoms. The number of halogens is 1. The molecule has 2 heterocycles. The standard InChI is InChI=1S/C9H9ClN4O2/c1-16-7-2-5(10)3-11-8(7)9(15)6-4-12-14-13-6/h2-4,9,15H,1H3,(H,12,13,14). The summed E-state index contributed by atoms with van der Waals surface area (Å²) in [4.78, 5) is 4.02. The molecule has 0 aliphatic carbocycles. The van der Waals surface area contributed by atoms with Gasteiger partial charge in [0.1, 0.15) is 23.2 Å². The number of aliphatic hydroxyl groups is 1. The number of hydrogen-bond acceptors (Lipinski definition) is 5. The van der Waals surface area contributed by atoms with E-state index in [0.717, 1.165) is 0 Å². The van der Waals surface area contributed by atoms with Crippen LogP contribution in [0.2, 0.25) is 5.02 Å². The van der Waals surface area contributed by atoms with E-state index in [1.54, 1.807) is 6.07 Å². The highest BCUT2D eigenvalue weighted by molar-refractivity contribution is 6.30. The highest BCUT2D eigenvalue weighted by atomic mass is 35.5. The van der Waals surface area contributed by atoms with Gasteiger partial charge in [0.05, 0.1) is 18.3 Å². The van der Waals surface area contributed by atoms with E-state index in [4.69, 9.17) is 16.3 Å². The average molecular weight is 241 g/mol. The smallest absolute Gasteiger partial charge is 0.145 e. The van der Waals surface area contributed by atoms with E-state index in [-0.39, 0.29) is 0 Å². The quantitative estimate of drug-likeness (QED) is 0.834. The van der Waals surface area contributed by atoms with Crippen LogP contribution < -0.4 is 4.74 Å². The summed E-state index contributed by atoms with van der Waals surface area (Å²) in [6.07, 6.45) is 1.86. The molecule has 0 aromatic carbocycles. The summed E-state index contributed by atoms with van der Waals surface area (Å²) >= 11 is 5.77. The molecule has 84 valence electrons. The number of nitrogens with zero attached hydrogens (tertiary/aromatic N) is 3. The molecule has 0 saturated carbocycles. The second kappa shape index (κ2) is 4.46. The van der Waals surface area contributed by atoms with E-state index < -0.39 is 6.10 Å². The topological polar surface area (TPSA) is 83.9 Å². The lowest BCUT2D eigenvalue weighted by Gasteiger charge is -2.11. The van der Waals surface area contributed by atoms with Gasteiger partial charge in [-0.05, 0) is 0 Å². The molecule has 0 spiro atoms. The van der Waals surface area contributed by atoms with Crippen molar-refractivity contribution in [3.05, 3.63) is 34.9 Å². The summed E-state index contributed by atoms with van der Waals surface area (Å²) in [7, 11) is 1.48. The molecule has 0 saturated heterocycles. The number of methoxy groups -OCH3 is 1. The zero-order valence-corrected chi connectivity index (χ0v) is 9.14. The monoisotopic (exact) mass is 240 g/mol. The Labute approximate surface area is 96.2 Å². The van der Waals surface area contributed by atoms with Crippen molar-refractivity contribution in [3.8, 4) is 5.75 Å². The zero-order chi connectivity index (χ0) is 11.5. The van der Waals surface area contributed by atoms with Gasteiger partial charge in [0.25, 0.3) is 0 Å². The van der Waals surface area contributed by atoms with Crippen LogP contribution >= 0.6 is 11.6 Å². The van der Waals surface area contributed by atoms with Gasteiger partial charge in [0.2, 0.25) is 0 Å². The van der Waals surface area contributed by atoms with Gasteiger partial charge >= 0.3 is 0 Å². The van der Waals surface area contributed by atoms with Crippen molar-refractivity contribution < 1.29 is 9.84 Å². The number of aromatic nitrogens is 4. The van der Waals surface area contributed by atoms with Crippen LogP contribution in [0.4, 0.5) is 0 Å². The van der Waals surface area contributed by atoms with Crippen molar-refractivity contribution in [2.75, 3.05) is 7.11 Å². The summed E-state index contributed by atoms with van der Waals surface area (Å²) in [5.41, 5.74) is 0.717. The number of ether oxygens (including phenoxy) is 1. The van der Waals surface area contributed by atoms with Crippen molar-refractivity contribution in [3.63, 3.8) is 0 Å². The van der Waals surface area contributed by atoms with Crippen LogP contribution in [-0.4, -0.2) is 32.6 Å². The molecule has 0 fully saturated rings. The molecular weight excluding hydrogens is 232 g/mol.